The molecule has 1 aromatic carbocycles. The van der Waals surface area contributed by atoms with Crippen LogP contribution >= 0.6 is 11.6 Å². The van der Waals surface area contributed by atoms with E-state index in [1.807, 2.05) is 4.90 Å². The molecule has 0 radical (unpaired) electrons. The fourth-order valence-electron chi connectivity index (χ4n) is 2.33. The number of nitrogens with zero attached hydrogens (tertiary/aromatic N) is 1. The molecular weight excluding hydrogens is 248 g/mol. The highest BCUT2D eigenvalue weighted by Crippen LogP contribution is 2.22. The largest absolute Gasteiger partial charge is 0.399 e. The summed E-state index contributed by atoms with van der Waals surface area (Å²) in [5.74, 6) is 0.00852. The van der Waals surface area contributed by atoms with E-state index < -0.39 is 0 Å². The van der Waals surface area contributed by atoms with Crippen molar-refractivity contribution in [2.24, 2.45) is 0 Å². The third-order valence-corrected chi connectivity index (χ3v) is 3.69. The number of likely N-dealkylation sites (tertiary alicyclic amines) is 1. The average Bonchev–Trinajstić information content (AvgIpc) is 2.31. The Morgan fingerprint density at radius 3 is 2.39 bits per heavy atom. The molecule has 1 aliphatic heterocycles. The summed E-state index contributed by atoms with van der Waals surface area (Å²) in [5, 5.41) is 0.483. The van der Waals surface area contributed by atoms with Crippen molar-refractivity contribution >= 4 is 23.2 Å². The molecule has 0 unspecified atom stereocenters. The summed E-state index contributed by atoms with van der Waals surface area (Å²) in [4.78, 5) is 14.3. The number of halogens is 1. The summed E-state index contributed by atoms with van der Waals surface area (Å²) in [5.41, 5.74) is 6.83. The molecule has 0 aromatic heterocycles. The predicted octanol–water partition coefficient (Wildman–Crippen LogP) is 3.33. The lowest BCUT2D eigenvalue weighted by atomic mass is 10.1. The summed E-state index contributed by atoms with van der Waals surface area (Å²) in [6.45, 7) is 1.65. The Bertz CT molecular complexity index is 426. The van der Waals surface area contributed by atoms with Crippen molar-refractivity contribution in [3.05, 3.63) is 28.8 Å². The zero-order valence-electron chi connectivity index (χ0n) is 10.5. The summed E-state index contributed by atoms with van der Waals surface area (Å²) >= 11 is 6.08. The van der Waals surface area contributed by atoms with Gasteiger partial charge in [-0.3, -0.25) is 4.79 Å². The number of rotatable bonds is 1. The van der Waals surface area contributed by atoms with Gasteiger partial charge in [-0.25, -0.2) is 0 Å². The third-order valence-electron chi connectivity index (χ3n) is 3.36. The minimum Gasteiger partial charge on any atom is -0.399 e. The monoisotopic (exact) mass is 266 g/mol. The van der Waals surface area contributed by atoms with Crippen molar-refractivity contribution in [2.75, 3.05) is 18.8 Å². The van der Waals surface area contributed by atoms with Gasteiger partial charge >= 0.3 is 0 Å². The number of nitrogen functional groups attached to an aromatic ring is 1. The highest BCUT2D eigenvalue weighted by molar-refractivity contribution is 6.34. The molecule has 1 fully saturated rings. The minimum atomic E-state index is 0.00852. The molecule has 18 heavy (non-hydrogen) atoms. The average molecular weight is 267 g/mol. The van der Waals surface area contributed by atoms with Gasteiger partial charge in [0.25, 0.3) is 5.91 Å². The summed E-state index contributed by atoms with van der Waals surface area (Å²) in [6, 6.07) is 5.07. The Kier molecular flexibility index (Phi) is 4.48. The van der Waals surface area contributed by atoms with Gasteiger partial charge in [0.1, 0.15) is 0 Å². The second-order valence-electron chi connectivity index (χ2n) is 4.80. The van der Waals surface area contributed by atoms with Crippen LogP contribution in [0.25, 0.3) is 0 Å². The lowest BCUT2D eigenvalue weighted by molar-refractivity contribution is 0.0742. The second kappa shape index (κ2) is 6.10. The molecule has 0 bridgehead atoms. The van der Waals surface area contributed by atoms with Crippen LogP contribution in [0.15, 0.2) is 18.2 Å². The van der Waals surface area contributed by atoms with Crippen LogP contribution in [0.4, 0.5) is 5.69 Å². The van der Waals surface area contributed by atoms with Crippen molar-refractivity contribution in [2.45, 2.75) is 32.1 Å². The molecule has 3 nitrogen and oxygen atoms in total. The number of amides is 1. The maximum Gasteiger partial charge on any atom is 0.255 e. The zero-order chi connectivity index (χ0) is 13.0. The number of hydrogen-bond acceptors (Lipinski definition) is 2. The summed E-state index contributed by atoms with van der Waals surface area (Å²) in [6.07, 6.45) is 5.83. The van der Waals surface area contributed by atoms with Crippen LogP contribution in [0.3, 0.4) is 0 Å². The topological polar surface area (TPSA) is 46.3 Å². The van der Waals surface area contributed by atoms with Gasteiger partial charge in [-0.2, -0.15) is 0 Å². The molecule has 0 saturated carbocycles. The molecule has 2 N–H and O–H groups in total. The fourth-order valence-corrected chi connectivity index (χ4v) is 2.53. The molecule has 1 amide bonds. The first-order valence-corrected chi connectivity index (χ1v) is 6.90. The van der Waals surface area contributed by atoms with Crippen molar-refractivity contribution in [3.8, 4) is 0 Å². The number of benzene rings is 1. The highest BCUT2D eigenvalue weighted by Gasteiger charge is 2.19. The van der Waals surface area contributed by atoms with E-state index in [1.165, 1.54) is 19.3 Å². The van der Waals surface area contributed by atoms with Crippen LogP contribution in [0.5, 0.6) is 0 Å². The molecule has 4 heteroatoms. The molecule has 1 heterocycles. The Labute approximate surface area is 113 Å². The van der Waals surface area contributed by atoms with Crippen LogP contribution < -0.4 is 5.73 Å². The summed E-state index contributed by atoms with van der Waals surface area (Å²) < 4.78 is 0. The number of hydrogen-bond donors (Lipinski definition) is 1. The van der Waals surface area contributed by atoms with E-state index in [2.05, 4.69) is 0 Å². The first kappa shape index (κ1) is 13.2. The molecule has 1 aliphatic rings. The van der Waals surface area contributed by atoms with Gasteiger partial charge in [-0.15, -0.1) is 0 Å². The van der Waals surface area contributed by atoms with Crippen LogP contribution in [0.1, 0.15) is 42.5 Å². The molecule has 0 aliphatic carbocycles. The molecule has 0 atom stereocenters. The number of carbonyl (C=O) groups excluding carboxylic acids is 1. The molecule has 98 valence electrons. The van der Waals surface area contributed by atoms with Gasteiger partial charge in [-0.05, 0) is 31.0 Å². The Morgan fingerprint density at radius 2 is 1.72 bits per heavy atom. The molecule has 2 rings (SSSR count). The van der Waals surface area contributed by atoms with Crippen LogP contribution in [0.2, 0.25) is 5.02 Å². The van der Waals surface area contributed by atoms with Crippen molar-refractivity contribution < 1.29 is 4.79 Å². The van der Waals surface area contributed by atoms with Gasteiger partial charge in [0.05, 0.1) is 10.6 Å². The fraction of sp³-hybridized carbons (Fsp3) is 0.500. The lowest BCUT2D eigenvalue weighted by Gasteiger charge is -2.25. The van der Waals surface area contributed by atoms with Crippen molar-refractivity contribution in [1.82, 2.24) is 4.90 Å². The lowest BCUT2D eigenvalue weighted by Crippen LogP contribution is -2.34. The first-order valence-electron chi connectivity index (χ1n) is 6.53. The van der Waals surface area contributed by atoms with Crippen LogP contribution in [-0.2, 0) is 0 Å². The second-order valence-corrected chi connectivity index (χ2v) is 5.21. The van der Waals surface area contributed by atoms with Crippen molar-refractivity contribution in [3.63, 3.8) is 0 Å². The zero-order valence-corrected chi connectivity index (χ0v) is 11.2. The van der Waals surface area contributed by atoms with E-state index >= 15 is 0 Å². The molecule has 0 spiro atoms. The van der Waals surface area contributed by atoms with E-state index in [1.54, 1.807) is 18.2 Å². The highest BCUT2D eigenvalue weighted by atomic mass is 35.5. The first-order chi connectivity index (χ1) is 8.68. The Hall–Kier alpha value is -1.22. The third kappa shape index (κ3) is 3.16. The van der Waals surface area contributed by atoms with Gasteiger partial charge < -0.3 is 10.6 Å². The van der Waals surface area contributed by atoms with Gasteiger partial charge in [0.2, 0.25) is 0 Å². The minimum absolute atomic E-state index is 0.00852. The summed E-state index contributed by atoms with van der Waals surface area (Å²) in [7, 11) is 0. The standard InChI is InChI=1S/C14H19ClN2O/c15-13-7-6-11(16)10-12(13)14(18)17-8-4-2-1-3-5-9-17/h6-7,10H,1-5,8-9,16H2. The Balaban J connectivity index is 2.15. The number of anilines is 1. The van der Waals surface area contributed by atoms with Crippen molar-refractivity contribution in [1.29, 1.82) is 0 Å². The maximum atomic E-state index is 12.4. The van der Waals surface area contributed by atoms with E-state index in [0.717, 1.165) is 25.9 Å². The van der Waals surface area contributed by atoms with Gasteiger partial charge in [0, 0.05) is 18.8 Å². The number of nitrogens with two attached hydrogens (primary N) is 1. The predicted molar refractivity (Wildman–Crippen MR) is 74.9 cm³/mol. The number of carbonyl (C=O) groups is 1. The Morgan fingerprint density at radius 1 is 1.11 bits per heavy atom. The van der Waals surface area contributed by atoms with Crippen LogP contribution in [0, 0.1) is 0 Å². The maximum absolute atomic E-state index is 12.4. The molecule has 1 saturated heterocycles. The van der Waals surface area contributed by atoms with Gasteiger partial charge in [-0.1, -0.05) is 30.9 Å². The van der Waals surface area contributed by atoms with E-state index in [0.29, 0.717) is 16.3 Å². The normalized spacial score (nSPS) is 17.1. The van der Waals surface area contributed by atoms with Gasteiger partial charge in [0.15, 0.2) is 0 Å². The quantitative estimate of drug-likeness (QED) is 0.793. The molecular formula is C14H19ClN2O. The van der Waals surface area contributed by atoms with E-state index in [9.17, 15) is 4.79 Å². The SMILES string of the molecule is Nc1ccc(Cl)c(C(=O)N2CCCCCCC2)c1. The van der Waals surface area contributed by atoms with E-state index in [-0.39, 0.29) is 5.91 Å². The smallest absolute Gasteiger partial charge is 0.255 e. The molecule has 1 aromatic rings. The van der Waals surface area contributed by atoms with Crippen LogP contribution in [-0.4, -0.2) is 23.9 Å². The van der Waals surface area contributed by atoms with E-state index in [4.69, 9.17) is 17.3 Å².